The average Bonchev–Trinajstić information content (AvgIpc) is 3.33. The molecule has 0 fully saturated rings. The van der Waals surface area contributed by atoms with E-state index in [0.717, 1.165) is 0 Å². The number of nitrogens with one attached hydrogen (secondary N) is 1. The normalized spacial score (nSPS) is 23.8. The summed E-state index contributed by atoms with van der Waals surface area (Å²) in [5, 5.41) is 2.52. The van der Waals surface area contributed by atoms with Gasteiger partial charge in [-0.05, 0) is 17.8 Å². The lowest BCUT2D eigenvalue weighted by atomic mass is 9.78. The van der Waals surface area contributed by atoms with E-state index < -0.39 is 0 Å². The minimum absolute atomic E-state index is 0.168. The van der Waals surface area contributed by atoms with Crippen LogP contribution in [0, 0.1) is 17.8 Å². The van der Waals surface area contributed by atoms with Crippen LogP contribution in [0.1, 0.15) is 41.5 Å². The van der Waals surface area contributed by atoms with E-state index in [2.05, 4.69) is 125 Å². The van der Waals surface area contributed by atoms with Gasteiger partial charge in [-0.1, -0.05) is 114 Å². The molecule has 0 spiro atoms. The highest BCUT2D eigenvalue weighted by Gasteiger charge is 2.51. The summed E-state index contributed by atoms with van der Waals surface area (Å²) in [4.78, 5) is 0. The molecule has 26 heavy (non-hydrogen) atoms. The van der Waals surface area contributed by atoms with Gasteiger partial charge in [-0.2, -0.15) is 0 Å². The summed E-state index contributed by atoms with van der Waals surface area (Å²) in [5.74, 6) is 1.31. The van der Waals surface area contributed by atoms with Crippen molar-refractivity contribution < 1.29 is 0 Å². The molecule has 0 saturated carbocycles. The topological polar surface area (TPSA) is 15.3 Å². The number of rotatable bonds is 7. The number of hydrazine groups is 1. The highest BCUT2D eigenvalue weighted by Crippen LogP contribution is 2.43. The molecule has 0 aromatic rings. The molecule has 0 aliphatic heterocycles. The highest BCUT2D eigenvalue weighted by molar-refractivity contribution is 5.40. The maximum atomic E-state index is 4.01. The Bertz CT molecular complexity index is 622. The van der Waals surface area contributed by atoms with Crippen molar-refractivity contribution in [2.75, 3.05) is 0 Å². The van der Waals surface area contributed by atoms with Crippen molar-refractivity contribution in [3.05, 3.63) is 72.9 Å². The standard InChI is InChI=1S/C24H34N2/c1-19(2)22(13-7-8-14-22)25-26(23(20(3)4)15-9-10-16-23)24(21(5)6)17-11-12-18-24/h7-21,25H,1-6H3. The SMILES string of the molecule is CC(C)C1(NN(C2(C(C)C)C=CC=C2)C2(C(C)C)C=CC=C2)C=CC=C1. The van der Waals surface area contributed by atoms with Gasteiger partial charge in [0.2, 0.25) is 0 Å². The minimum Gasteiger partial charge on any atom is -0.239 e. The quantitative estimate of drug-likeness (QED) is 0.622. The summed E-state index contributed by atoms with van der Waals surface area (Å²) in [7, 11) is 0. The van der Waals surface area contributed by atoms with E-state index >= 15 is 0 Å². The van der Waals surface area contributed by atoms with E-state index in [0.29, 0.717) is 17.8 Å². The molecule has 0 bridgehead atoms. The van der Waals surface area contributed by atoms with Gasteiger partial charge in [-0.3, -0.25) is 0 Å². The number of nitrogens with zero attached hydrogens (tertiary/aromatic N) is 1. The van der Waals surface area contributed by atoms with Gasteiger partial charge in [0.25, 0.3) is 0 Å². The van der Waals surface area contributed by atoms with Gasteiger partial charge in [-0.25, -0.2) is 10.4 Å². The molecule has 1 N–H and O–H groups in total. The second kappa shape index (κ2) is 6.83. The molecule has 0 aromatic carbocycles. The molecular weight excluding hydrogens is 316 g/mol. The Morgan fingerprint density at radius 2 is 0.885 bits per heavy atom. The Hall–Kier alpha value is -1.64. The summed E-state index contributed by atoms with van der Waals surface area (Å²) in [6, 6.07) is 0. The lowest BCUT2D eigenvalue weighted by molar-refractivity contribution is -0.0397. The molecule has 3 aliphatic rings. The van der Waals surface area contributed by atoms with Crippen molar-refractivity contribution >= 4 is 0 Å². The molecule has 0 heterocycles. The Morgan fingerprint density at radius 1 is 0.538 bits per heavy atom. The van der Waals surface area contributed by atoms with Crippen LogP contribution in [0.4, 0.5) is 0 Å². The summed E-state index contributed by atoms with van der Waals surface area (Å²) in [6.07, 6.45) is 27.1. The van der Waals surface area contributed by atoms with Crippen LogP contribution in [0.2, 0.25) is 0 Å². The number of allylic oxidation sites excluding steroid dienone is 6. The van der Waals surface area contributed by atoms with Crippen LogP contribution in [0.5, 0.6) is 0 Å². The molecular formula is C24H34N2. The molecule has 2 nitrogen and oxygen atoms in total. The maximum Gasteiger partial charge on any atom is 0.0756 e. The first kappa shape index (κ1) is 19.1. The Morgan fingerprint density at radius 3 is 1.19 bits per heavy atom. The van der Waals surface area contributed by atoms with Crippen molar-refractivity contribution in [2.45, 2.75) is 58.2 Å². The highest BCUT2D eigenvalue weighted by atomic mass is 15.6. The number of hydrogen-bond acceptors (Lipinski definition) is 2. The van der Waals surface area contributed by atoms with Crippen molar-refractivity contribution in [2.24, 2.45) is 17.8 Å². The molecule has 0 radical (unpaired) electrons. The van der Waals surface area contributed by atoms with E-state index in [9.17, 15) is 0 Å². The Kier molecular flexibility index (Phi) is 5.02. The van der Waals surface area contributed by atoms with Gasteiger partial charge in [0, 0.05) is 0 Å². The zero-order valence-electron chi connectivity index (χ0n) is 17.1. The first-order chi connectivity index (χ1) is 12.3. The van der Waals surface area contributed by atoms with E-state index in [-0.39, 0.29) is 16.6 Å². The largest absolute Gasteiger partial charge is 0.239 e. The van der Waals surface area contributed by atoms with Crippen LogP contribution in [0.3, 0.4) is 0 Å². The van der Waals surface area contributed by atoms with Crippen LogP contribution in [-0.4, -0.2) is 21.6 Å². The summed E-state index contributed by atoms with van der Waals surface area (Å²) >= 11 is 0. The van der Waals surface area contributed by atoms with Crippen LogP contribution in [-0.2, 0) is 0 Å². The van der Waals surface area contributed by atoms with Crippen LogP contribution in [0.15, 0.2) is 72.9 Å². The third-order valence-electron chi connectivity index (χ3n) is 6.42. The van der Waals surface area contributed by atoms with Crippen LogP contribution < -0.4 is 5.43 Å². The molecule has 140 valence electrons. The summed E-state index contributed by atoms with van der Waals surface area (Å²) in [6.45, 7) is 13.8. The molecule has 0 aromatic heterocycles. The first-order valence-corrected chi connectivity index (χ1v) is 9.98. The van der Waals surface area contributed by atoms with Gasteiger partial charge in [-0.15, -0.1) is 0 Å². The summed E-state index contributed by atoms with van der Waals surface area (Å²) < 4.78 is 0. The minimum atomic E-state index is -0.171. The maximum absolute atomic E-state index is 4.01. The third kappa shape index (κ3) is 2.80. The second-order valence-electron chi connectivity index (χ2n) is 8.77. The fourth-order valence-electron chi connectivity index (χ4n) is 4.33. The molecule has 0 saturated heterocycles. The van der Waals surface area contributed by atoms with E-state index in [1.54, 1.807) is 0 Å². The zero-order valence-corrected chi connectivity index (χ0v) is 17.1. The Labute approximate surface area is 159 Å². The van der Waals surface area contributed by atoms with Gasteiger partial charge >= 0.3 is 0 Å². The van der Waals surface area contributed by atoms with Crippen molar-refractivity contribution in [3.8, 4) is 0 Å². The van der Waals surface area contributed by atoms with Crippen LogP contribution in [0.25, 0.3) is 0 Å². The third-order valence-corrected chi connectivity index (χ3v) is 6.42. The van der Waals surface area contributed by atoms with Gasteiger partial charge in [0.1, 0.15) is 0 Å². The monoisotopic (exact) mass is 350 g/mol. The molecule has 0 amide bonds. The van der Waals surface area contributed by atoms with E-state index in [1.807, 2.05) is 0 Å². The van der Waals surface area contributed by atoms with Gasteiger partial charge in [0.15, 0.2) is 0 Å². The average molecular weight is 351 g/mol. The number of hydrogen-bond donors (Lipinski definition) is 1. The fraction of sp³-hybridized carbons (Fsp3) is 0.500. The predicted octanol–water partition coefficient (Wildman–Crippen LogP) is 5.36. The van der Waals surface area contributed by atoms with Gasteiger partial charge in [0.05, 0.1) is 16.6 Å². The summed E-state index contributed by atoms with van der Waals surface area (Å²) in [5.41, 5.74) is 3.50. The van der Waals surface area contributed by atoms with E-state index in [4.69, 9.17) is 0 Å². The van der Waals surface area contributed by atoms with Crippen molar-refractivity contribution in [1.82, 2.24) is 10.4 Å². The van der Waals surface area contributed by atoms with Crippen molar-refractivity contribution in [1.29, 1.82) is 0 Å². The van der Waals surface area contributed by atoms with Crippen molar-refractivity contribution in [3.63, 3.8) is 0 Å². The zero-order chi connectivity index (χ0) is 19.0. The fourth-order valence-corrected chi connectivity index (χ4v) is 4.33. The van der Waals surface area contributed by atoms with E-state index in [1.165, 1.54) is 0 Å². The molecule has 3 rings (SSSR count). The Balaban J connectivity index is 2.15. The first-order valence-electron chi connectivity index (χ1n) is 9.98. The molecule has 0 unspecified atom stereocenters. The molecule has 0 atom stereocenters. The smallest absolute Gasteiger partial charge is 0.0756 e. The second-order valence-corrected chi connectivity index (χ2v) is 8.77. The van der Waals surface area contributed by atoms with Crippen LogP contribution >= 0.6 is 0 Å². The predicted molar refractivity (Wildman–Crippen MR) is 113 cm³/mol. The molecule has 3 aliphatic carbocycles. The molecule has 2 heteroatoms. The van der Waals surface area contributed by atoms with Gasteiger partial charge < -0.3 is 0 Å². The lowest BCUT2D eigenvalue weighted by Crippen LogP contribution is -2.71. The lowest BCUT2D eigenvalue weighted by Gasteiger charge is -2.55.